The molecule has 4 aliphatic carbocycles. The van der Waals surface area contributed by atoms with Crippen LogP contribution >= 0.6 is 0 Å². The van der Waals surface area contributed by atoms with Gasteiger partial charge in [-0.15, -0.1) is 0 Å². The van der Waals surface area contributed by atoms with Gasteiger partial charge in [-0.2, -0.15) is 0 Å². The van der Waals surface area contributed by atoms with Crippen LogP contribution in [-0.2, 0) is 52.2 Å². The Morgan fingerprint density at radius 1 is 0.676 bits per heavy atom. The van der Waals surface area contributed by atoms with Gasteiger partial charge in [0.25, 0.3) is 0 Å². The molecule has 0 bridgehead atoms. The van der Waals surface area contributed by atoms with Crippen molar-refractivity contribution in [3.05, 3.63) is 11.6 Å². The Bertz CT molecular complexity index is 1940. The highest BCUT2D eigenvalue weighted by Gasteiger charge is 2.64. The number of hydrogen-bond donors (Lipinski definition) is 12. The smallest absolute Gasteiger partial charge is 0.306 e. The summed E-state index contributed by atoms with van der Waals surface area (Å²) in [4.78, 5) is 27.0. The van der Waals surface area contributed by atoms with Crippen molar-refractivity contribution in [1.82, 2.24) is 0 Å². The predicted molar refractivity (Wildman–Crippen MR) is 250 cm³/mol. The zero-order valence-electron chi connectivity index (χ0n) is 43.0. The number of ether oxygens (including phenoxy) is 9. The third-order valence-electron chi connectivity index (χ3n) is 18.3. The first-order valence-corrected chi connectivity index (χ1v) is 26.6. The minimum absolute atomic E-state index is 0.0273. The number of carbonyl (C=O) groups is 2. The summed E-state index contributed by atoms with van der Waals surface area (Å²) in [7, 11) is 0. The average Bonchev–Trinajstić information content (AvgIpc) is 3.67. The van der Waals surface area contributed by atoms with Crippen LogP contribution in [0.1, 0.15) is 99.3 Å². The number of ketones is 1. The van der Waals surface area contributed by atoms with Gasteiger partial charge in [0.2, 0.25) is 0 Å². The maximum absolute atomic E-state index is 13.5. The van der Waals surface area contributed by atoms with Gasteiger partial charge in [-0.1, -0.05) is 32.4 Å². The molecule has 4 saturated heterocycles. The number of fused-ring (bicyclic) bond motifs is 5. The molecule has 29 atom stereocenters. The molecule has 4 aliphatic heterocycles. The highest BCUT2D eigenvalue weighted by Crippen LogP contribution is 2.67. The Labute approximate surface area is 430 Å². The summed E-state index contributed by atoms with van der Waals surface area (Å²) >= 11 is 0. The van der Waals surface area contributed by atoms with E-state index in [0.29, 0.717) is 38.5 Å². The molecule has 74 heavy (non-hydrogen) atoms. The van der Waals surface area contributed by atoms with Gasteiger partial charge in [-0.25, -0.2) is 0 Å². The van der Waals surface area contributed by atoms with Crippen LogP contribution in [0.15, 0.2) is 11.6 Å². The fourth-order valence-corrected chi connectivity index (χ4v) is 13.9. The summed E-state index contributed by atoms with van der Waals surface area (Å²) in [5, 5.41) is 126. The van der Waals surface area contributed by atoms with Crippen molar-refractivity contribution in [3.8, 4) is 0 Å². The molecule has 7 fully saturated rings. The van der Waals surface area contributed by atoms with Gasteiger partial charge >= 0.3 is 5.97 Å². The van der Waals surface area contributed by atoms with Crippen molar-refractivity contribution >= 4 is 11.8 Å². The third-order valence-corrected chi connectivity index (χ3v) is 18.3. The molecule has 3 saturated carbocycles. The lowest BCUT2D eigenvalue weighted by Gasteiger charge is -2.58. The fourth-order valence-electron chi connectivity index (χ4n) is 13.9. The number of rotatable bonds is 16. The van der Waals surface area contributed by atoms with Crippen LogP contribution in [0.25, 0.3) is 0 Å². The molecule has 0 aromatic carbocycles. The van der Waals surface area contributed by atoms with Gasteiger partial charge in [-0.3, -0.25) is 9.59 Å². The number of esters is 1. The fraction of sp³-hybridized carbons (Fsp3) is 0.922. The highest BCUT2D eigenvalue weighted by molar-refractivity contribution is 5.81. The molecule has 8 aliphatic rings. The van der Waals surface area contributed by atoms with E-state index in [1.807, 2.05) is 6.92 Å². The molecule has 8 rings (SSSR count). The summed E-state index contributed by atoms with van der Waals surface area (Å²) in [6.45, 7) is 9.50. The maximum Gasteiger partial charge on any atom is 0.306 e. The van der Waals surface area contributed by atoms with Crippen molar-refractivity contribution < 1.29 is 113 Å². The lowest BCUT2D eigenvalue weighted by molar-refractivity contribution is -0.393. The van der Waals surface area contributed by atoms with Crippen LogP contribution in [-0.4, -0.2) is 228 Å². The first-order chi connectivity index (χ1) is 34.9. The molecule has 4 heterocycles. The Kier molecular flexibility index (Phi) is 18.4. The number of carbonyl (C=O) groups excluding carboxylic acids is 2. The second kappa shape index (κ2) is 23.4. The lowest BCUT2D eigenvalue weighted by atomic mass is 9.47. The molecule has 23 nitrogen and oxygen atoms in total. The largest absolute Gasteiger partial charge is 0.462 e. The predicted octanol–water partition coefficient (Wildman–Crippen LogP) is -2.20. The number of Topliss-reactive ketones (excluding diaryl/α,β-unsaturated/α-hetero) is 1. The topological polar surface area (TPSA) is 360 Å². The van der Waals surface area contributed by atoms with E-state index in [1.165, 1.54) is 19.4 Å². The van der Waals surface area contributed by atoms with Crippen molar-refractivity contribution in [2.24, 2.45) is 40.4 Å². The minimum Gasteiger partial charge on any atom is -0.462 e. The minimum atomic E-state index is -1.79. The normalized spacial score (nSPS) is 51.0. The van der Waals surface area contributed by atoms with Crippen molar-refractivity contribution in [1.29, 1.82) is 0 Å². The van der Waals surface area contributed by atoms with E-state index in [1.54, 1.807) is 6.92 Å². The van der Waals surface area contributed by atoms with Crippen LogP contribution < -0.4 is 0 Å². The highest BCUT2D eigenvalue weighted by atomic mass is 16.8. The summed E-state index contributed by atoms with van der Waals surface area (Å²) in [6, 6.07) is 0. The van der Waals surface area contributed by atoms with Crippen LogP contribution in [0.4, 0.5) is 0 Å². The van der Waals surface area contributed by atoms with Gasteiger partial charge in [0.05, 0.1) is 44.1 Å². The molecule has 29 unspecified atom stereocenters. The average molecular weight is 1060 g/mol. The van der Waals surface area contributed by atoms with Crippen LogP contribution in [0.2, 0.25) is 0 Å². The van der Waals surface area contributed by atoms with Gasteiger partial charge < -0.3 is 104 Å². The number of aliphatic hydroxyl groups excluding tert-OH is 12. The van der Waals surface area contributed by atoms with Gasteiger partial charge in [0, 0.05) is 6.42 Å². The number of aliphatic hydroxyl groups is 12. The zero-order valence-corrected chi connectivity index (χ0v) is 43.0. The SMILES string of the molecule is CC(=O)C1C(OC(=O)CCC(C)COC2OC(CO)C(O)C(O)C2O)CC2C3CC=C4CC(OC5OC(CO)C(O)C(OC6OC(C)C(O)C(O)C6O)C5OC5OC(C)C(O)C(O)C5O)CCC4(C)C3CCC21C. The molecular formula is C51H82O23. The van der Waals surface area contributed by atoms with Crippen molar-refractivity contribution in [2.45, 2.75) is 234 Å². The van der Waals surface area contributed by atoms with E-state index in [-0.39, 0.29) is 47.9 Å². The van der Waals surface area contributed by atoms with E-state index < -0.39 is 166 Å². The van der Waals surface area contributed by atoms with Crippen LogP contribution in [0, 0.1) is 40.4 Å². The number of allylic oxidation sites excluding steroid dienone is 1. The quantitative estimate of drug-likeness (QED) is 0.0576. The molecule has 0 aromatic rings. The standard InChI is InChI=1S/C51H82O23/c1-20(19-66-46-41(63)40(62)36(58)30(17-52)71-46)7-10-32(55)70-29-16-28-26-9-8-24-15-25(11-13-50(24,5)27(26)12-14-51(28,6)33(29)21(2)54)69-49-45(74-48-43(65)39(61)35(57)23(4)68-48)44(37(59)31(18-53)72-49)73-47-42(64)38(60)34(56)22(3)67-47/h8,20,22-23,25-31,33-49,52-53,56-65H,7,9-19H2,1-6H3. The Morgan fingerprint density at radius 2 is 1.24 bits per heavy atom. The molecule has 0 amide bonds. The zero-order chi connectivity index (χ0) is 53.9. The van der Waals surface area contributed by atoms with Crippen LogP contribution in [0.3, 0.4) is 0 Å². The van der Waals surface area contributed by atoms with E-state index >= 15 is 0 Å². The molecule has 0 aromatic heterocycles. The summed E-state index contributed by atoms with van der Waals surface area (Å²) < 4.78 is 54.1. The van der Waals surface area contributed by atoms with E-state index in [4.69, 9.17) is 42.6 Å². The van der Waals surface area contributed by atoms with Crippen molar-refractivity contribution in [3.63, 3.8) is 0 Å². The second-order valence-electron chi connectivity index (χ2n) is 23.1. The number of hydrogen-bond acceptors (Lipinski definition) is 23. The molecule has 0 radical (unpaired) electrons. The van der Waals surface area contributed by atoms with Gasteiger partial charge in [0.15, 0.2) is 25.2 Å². The summed E-state index contributed by atoms with van der Waals surface area (Å²) in [6.07, 6.45) is -23.6. The summed E-state index contributed by atoms with van der Waals surface area (Å²) in [5.74, 6) is -0.669. The molecule has 424 valence electrons. The molecule has 12 N–H and O–H groups in total. The Balaban J connectivity index is 0.938. The first-order valence-electron chi connectivity index (χ1n) is 26.6. The Morgan fingerprint density at radius 3 is 1.85 bits per heavy atom. The first kappa shape index (κ1) is 58.2. The van der Waals surface area contributed by atoms with Gasteiger partial charge in [0.1, 0.15) is 97.3 Å². The lowest BCUT2D eigenvalue weighted by Crippen LogP contribution is -2.67. The maximum atomic E-state index is 13.5. The monoisotopic (exact) mass is 1060 g/mol. The van der Waals surface area contributed by atoms with Crippen molar-refractivity contribution in [2.75, 3.05) is 19.8 Å². The molecular weight excluding hydrogens is 981 g/mol. The van der Waals surface area contributed by atoms with Crippen LogP contribution in [0.5, 0.6) is 0 Å². The third kappa shape index (κ3) is 11.2. The Hall–Kier alpha value is -1.92. The summed E-state index contributed by atoms with van der Waals surface area (Å²) in [5.41, 5.74) is 0.494. The van der Waals surface area contributed by atoms with E-state index in [2.05, 4.69) is 19.9 Å². The second-order valence-corrected chi connectivity index (χ2v) is 23.1. The molecule has 0 spiro atoms. The molecule has 23 heteroatoms. The van der Waals surface area contributed by atoms with E-state index in [0.717, 1.165) is 12.8 Å². The van der Waals surface area contributed by atoms with Gasteiger partial charge in [-0.05, 0) is 107 Å². The van der Waals surface area contributed by atoms with E-state index in [9.17, 15) is 70.9 Å².